The fourth-order valence-electron chi connectivity index (χ4n) is 1.37. The molecule has 0 saturated carbocycles. The Hall–Kier alpha value is -1.06. The second kappa shape index (κ2) is 5.14. The predicted octanol–water partition coefficient (Wildman–Crippen LogP) is 2.01. The molecular formula is C11H13ClN2O. The zero-order valence-corrected chi connectivity index (χ0v) is 9.15. The molecule has 1 aromatic carbocycles. The normalized spacial score (nSPS) is 17.3. The van der Waals surface area contributed by atoms with E-state index in [2.05, 4.69) is 5.10 Å². The van der Waals surface area contributed by atoms with Crippen LogP contribution in [0.4, 0.5) is 0 Å². The van der Waals surface area contributed by atoms with Crippen molar-refractivity contribution in [2.24, 2.45) is 5.10 Å². The Kier molecular flexibility index (Phi) is 3.59. The molecule has 3 nitrogen and oxygen atoms in total. The first-order valence-electron chi connectivity index (χ1n) is 4.97. The van der Waals surface area contributed by atoms with Crippen LogP contribution < -0.4 is 0 Å². The Morgan fingerprint density at radius 2 is 1.87 bits per heavy atom. The highest BCUT2D eigenvalue weighted by Crippen LogP contribution is 2.08. The van der Waals surface area contributed by atoms with Crippen molar-refractivity contribution in [1.29, 1.82) is 0 Å². The molecule has 0 atom stereocenters. The van der Waals surface area contributed by atoms with E-state index in [-0.39, 0.29) is 0 Å². The van der Waals surface area contributed by atoms with Gasteiger partial charge in [0, 0.05) is 5.02 Å². The third kappa shape index (κ3) is 3.22. The minimum atomic E-state index is 0.749. The third-order valence-corrected chi connectivity index (χ3v) is 2.48. The van der Waals surface area contributed by atoms with E-state index in [0.717, 1.165) is 36.9 Å². The zero-order valence-electron chi connectivity index (χ0n) is 8.40. The van der Waals surface area contributed by atoms with Gasteiger partial charge in [0.05, 0.1) is 32.5 Å². The lowest BCUT2D eigenvalue weighted by Crippen LogP contribution is -2.32. The second-order valence-electron chi connectivity index (χ2n) is 3.36. The van der Waals surface area contributed by atoms with Crippen molar-refractivity contribution in [2.45, 2.75) is 0 Å². The Morgan fingerprint density at radius 1 is 1.20 bits per heavy atom. The molecular weight excluding hydrogens is 212 g/mol. The first-order valence-corrected chi connectivity index (χ1v) is 5.34. The molecule has 80 valence electrons. The highest BCUT2D eigenvalue weighted by atomic mass is 35.5. The maximum atomic E-state index is 5.79. The van der Waals surface area contributed by atoms with Crippen molar-refractivity contribution in [3.8, 4) is 0 Å². The molecule has 4 heteroatoms. The van der Waals surface area contributed by atoms with Crippen molar-refractivity contribution in [1.82, 2.24) is 5.01 Å². The second-order valence-corrected chi connectivity index (χ2v) is 3.80. The van der Waals surface area contributed by atoms with Gasteiger partial charge in [-0.25, -0.2) is 0 Å². The number of halogens is 1. The fraction of sp³-hybridized carbons (Fsp3) is 0.364. The van der Waals surface area contributed by atoms with Crippen LogP contribution in [0.5, 0.6) is 0 Å². The van der Waals surface area contributed by atoms with Crippen molar-refractivity contribution in [2.75, 3.05) is 26.3 Å². The van der Waals surface area contributed by atoms with E-state index in [0.29, 0.717) is 0 Å². The lowest BCUT2D eigenvalue weighted by Gasteiger charge is -2.23. The Labute approximate surface area is 94.3 Å². The molecule has 15 heavy (non-hydrogen) atoms. The maximum absolute atomic E-state index is 5.79. The standard InChI is InChI=1S/C11H13ClN2O/c12-11-3-1-10(2-4-11)9-13-14-5-7-15-8-6-14/h1-4,9H,5-8H2/b13-9+. The first kappa shape index (κ1) is 10.5. The molecule has 1 heterocycles. The maximum Gasteiger partial charge on any atom is 0.0659 e. The largest absolute Gasteiger partial charge is 0.378 e. The lowest BCUT2D eigenvalue weighted by atomic mass is 10.2. The summed E-state index contributed by atoms with van der Waals surface area (Å²) < 4.78 is 5.23. The molecule has 0 amide bonds. The summed E-state index contributed by atoms with van der Waals surface area (Å²) in [7, 11) is 0. The first-order chi connectivity index (χ1) is 7.34. The highest BCUT2D eigenvalue weighted by molar-refractivity contribution is 6.30. The predicted molar refractivity (Wildman–Crippen MR) is 61.4 cm³/mol. The number of benzene rings is 1. The number of ether oxygens (including phenoxy) is 1. The van der Waals surface area contributed by atoms with E-state index >= 15 is 0 Å². The molecule has 0 bridgehead atoms. The number of hydrazone groups is 1. The van der Waals surface area contributed by atoms with Gasteiger partial charge in [0.2, 0.25) is 0 Å². The summed E-state index contributed by atoms with van der Waals surface area (Å²) in [5, 5.41) is 7.13. The van der Waals surface area contributed by atoms with Gasteiger partial charge in [-0.3, -0.25) is 5.01 Å². The van der Waals surface area contributed by atoms with Crippen LogP contribution in [0.2, 0.25) is 5.02 Å². The third-order valence-electron chi connectivity index (χ3n) is 2.23. The number of hydrogen-bond donors (Lipinski definition) is 0. The molecule has 0 spiro atoms. The molecule has 1 aliphatic rings. The smallest absolute Gasteiger partial charge is 0.0659 e. The molecule has 1 aliphatic heterocycles. The van der Waals surface area contributed by atoms with E-state index in [1.165, 1.54) is 0 Å². The van der Waals surface area contributed by atoms with E-state index in [9.17, 15) is 0 Å². The van der Waals surface area contributed by atoms with Gasteiger partial charge in [-0.2, -0.15) is 5.10 Å². The number of hydrogen-bond acceptors (Lipinski definition) is 3. The summed E-state index contributed by atoms with van der Waals surface area (Å²) in [6.07, 6.45) is 1.85. The van der Waals surface area contributed by atoms with Crippen LogP contribution in [-0.2, 0) is 4.74 Å². The van der Waals surface area contributed by atoms with Crippen molar-refractivity contribution in [3.63, 3.8) is 0 Å². The van der Waals surface area contributed by atoms with Gasteiger partial charge >= 0.3 is 0 Å². The van der Waals surface area contributed by atoms with Crippen LogP contribution >= 0.6 is 11.6 Å². The summed E-state index contributed by atoms with van der Waals surface area (Å²) in [6.45, 7) is 3.25. The van der Waals surface area contributed by atoms with E-state index < -0.39 is 0 Å². The SMILES string of the molecule is Clc1ccc(/C=N/N2CCOCC2)cc1. The lowest BCUT2D eigenvalue weighted by molar-refractivity contribution is 0.0397. The average molecular weight is 225 g/mol. The van der Waals surface area contributed by atoms with E-state index in [1.54, 1.807) is 0 Å². The van der Waals surface area contributed by atoms with Gasteiger partial charge in [0.15, 0.2) is 0 Å². The summed E-state index contributed by atoms with van der Waals surface area (Å²) in [4.78, 5) is 0. The Bertz CT molecular complexity index is 331. The van der Waals surface area contributed by atoms with Crippen molar-refractivity contribution >= 4 is 17.8 Å². The van der Waals surface area contributed by atoms with Crippen LogP contribution in [0.25, 0.3) is 0 Å². The Balaban J connectivity index is 1.95. The van der Waals surface area contributed by atoms with E-state index in [4.69, 9.17) is 16.3 Å². The van der Waals surface area contributed by atoms with Gasteiger partial charge in [0.25, 0.3) is 0 Å². The number of morpholine rings is 1. The van der Waals surface area contributed by atoms with Gasteiger partial charge in [-0.1, -0.05) is 23.7 Å². The molecule has 0 radical (unpaired) electrons. The summed E-state index contributed by atoms with van der Waals surface area (Å²) >= 11 is 5.79. The van der Waals surface area contributed by atoms with E-state index in [1.807, 2.05) is 35.5 Å². The monoisotopic (exact) mass is 224 g/mol. The number of nitrogens with zero attached hydrogens (tertiary/aromatic N) is 2. The minimum Gasteiger partial charge on any atom is -0.378 e. The summed E-state index contributed by atoms with van der Waals surface area (Å²) in [6, 6.07) is 7.63. The summed E-state index contributed by atoms with van der Waals surface area (Å²) in [5.74, 6) is 0. The van der Waals surface area contributed by atoms with Crippen LogP contribution in [0.1, 0.15) is 5.56 Å². The molecule has 0 aliphatic carbocycles. The molecule has 2 rings (SSSR count). The van der Waals surface area contributed by atoms with Crippen LogP contribution in [-0.4, -0.2) is 37.5 Å². The fourth-order valence-corrected chi connectivity index (χ4v) is 1.49. The molecule has 0 unspecified atom stereocenters. The van der Waals surface area contributed by atoms with Gasteiger partial charge < -0.3 is 4.74 Å². The molecule has 0 N–H and O–H groups in total. The van der Waals surface area contributed by atoms with Crippen LogP contribution in [0.3, 0.4) is 0 Å². The highest BCUT2D eigenvalue weighted by Gasteiger charge is 2.05. The molecule has 1 saturated heterocycles. The van der Waals surface area contributed by atoms with Gasteiger partial charge in [0.1, 0.15) is 0 Å². The van der Waals surface area contributed by atoms with Crippen molar-refractivity contribution < 1.29 is 4.74 Å². The minimum absolute atomic E-state index is 0.749. The molecule has 0 aromatic heterocycles. The topological polar surface area (TPSA) is 24.8 Å². The quantitative estimate of drug-likeness (QED) is 0.718. The van der Waals surface area contributed by atoms with Crippen molar-refractivity contribution in [3.05, 3.63) is 34.9 Å². The Morgan fingerprint density at radius 3 is 2.53 bits per heavy atom. The van der Waals surface area contributed by atoms with Gasteiger partial charge in [-0.15, -0.1) is 0 Å². The zero-order chi connectivity index (χ0) is 10.5. The average Bonchev–Trinajstić information content (AvgIpc) is 2.30. The molecule has 1 aromatic rings. The van der Waals surface area contributed by atoms with Crippen LogP contribution in [0.15, 0.2) is 29.4 Å². The number of rotatable bonds is 2. The summed E-state index contributed by atoms with van der Waals surface area (Å²) in [5.41, 5.74) is 1.06. The van der Waals surface area contributed by atoms with Crippen LogP contribution in [0, 0.1) is 0 Å². The molecule has 1 fully saturated rings. The van der Waals surface area contributed by atoms with Gasteiger partial charge in [-0.05, 0) is 17.7 Å².